The molecule has 0 aliphatic rings. The summed E-state index contributed by atoms with van der Waals surface area (Å²) in [5, 5.41) is 5.24. The maximum absolute atomic E-state index is 12.1. The van der Waals surface area contributed by atoms with Gasteiger partial charge in [-0.3, -0.25) is 10.1 Å². The van der Waals surface area contributed by atoms with Gasteiger partial charge in [-0.1, -0.05) is 12.1 Å². The molecular weight excluding hydrogens is 388 g/mol. The van der Waals surface area contributed by atoms with E-state index in [9.17, 15) is 14.4 Å². The molecular formula is C22H26N2O6. The Morgan fingerprint density at radius 2 is 1.70 bits per heavy atom. The summed E-state index contributed by atoms with van der Waals surface area (Å²) in [5.41, 5.74) is 0.977. The normalized spacial score (nSPS) is 10.7. The van der Waals surface area contributed by atoms with Crippen LogP contribution >= 0.6 is 0 Å². The molecule has 2 rings (SSSR count). The van der Waals surface area contributed by atoms with Crippen LogP contribution < -0.4 is 15.4 Å². The lowest BCUT2D eigenvalue weighted by atomic mass is 10.2. The number of amides is 2. The number of anilines is 1. The van der Waals surface area contributed by atoms with E-state index in [2.05, 4.69) is 10.6 Å². The zero-order valence-electron chi connectivity index (χ0n) is 17.5. The minimum absolute atomic E-state index is 0.255. The van der Waals surface area contributed by atoms with Crippen molar-refractivity contribution >= 4 is 23.7 Å². The summed E-state index contributed by atoms with van der Waals surface area (Å²) in [6, 6.07) is 13.4. The zero-order valence-corrected chi connectivity index (χ0v) is 17.5. The van der Waals surface area contributed by atoms with E-state index in [0.29, 0.717) is 18.0 Å². The van der Waals surface area contributed by atoms with E-state index in [4.69, 9.17) is 14.2 Å². The van der Waals surface area contributed by atoms with Crippen molar-refractivity contribution in [3.63, 3.8) is 0 Å². The standard InChI is InChI=1S/C22H26N2O6/c1-22(2,3)30-21(27)24-17-10-8-16(9-11-17)20(26)29-14-19(25)23-13-15-6-5-7-18(12-15)28-4/h5-12H,13-14H2,1-4H3,(H,23,25)(H,24,27). The summed E-state index contributed by atoms with van der Waals surface area (Å²) >= 11 is 0. The van der Waals surface area contributed by atoms with Crippen molar-refractivity contribution in [2.24, 2.45) is 0 Å². The number of ether oxygens (including phenoxy) is 3. The highest BCUT2D eigenvalue weighted by atomic mass is 16.6. The molecule has 0 saturated heterocycles. The summed E-state index contributed by atoms with van der Waals surface area (Å²) < 4.78 is 15.3. The monoisotopic (exact) mass is 414 g/mol. The second kappa shape index (κ2) is 10.3. The van der Waals surface area contributed by atoms with Crippen LogP contribution in [0.15, 0.2) is 48.5 Å². The van der Waals surface area contributed by atoms with Crippen molar-refractivity contribution < 1.29 is 28.6 Å². The van der Waals surface area contributed by atoms with Gasteiger partial charge in [-0.25, -0.2) is 9.59 Å². The first-order valence-corrected chi connectivity index (χ1v) is 9.33. The van der Waals surface area contributed by atoms with Crippen molar-refractivity contribution in [3.05, 3.63) is 59.7 Å². The quantitative estimate of drug-likeness (QED) is 0.672. The Bertz CT molecular complexity index is 887. The molecule has 2 aromatic carbocycles. The highest BCUT2D eigenvalue weighted by Gasteiger charge is 2.16. The maximum Gasteiger partial charge on any atom is 0.412 e. The van der Waals surface area contributed by atoms with Crippen molar-refractivity contribution in [1.29, 1.82) is 0 Å². The smallest absolute Gasteiger partial charge is 0.412 e. The van der Waals surface area contributed by atoms with Gasteiger partial charge in [0.25, 0.3) is 5.91 Å². The molecule has 0 aliphatic carbocycles. The minimum Gasteiger partial charge on any atom is -0.497 e. The number of hydrogen-bond donors (Lipinski definition) is 2. The number of carbonyl (C=O) groups excluding carboxylic acids is 3. The van der Waals surface area contributed by atoms with E-state index in [1.807, 2.05) is 12.1 Å². The van der Waals surface area contributed by atoms with Crippen LogP contribution in [0.1, 0.15) is 36.7 Å². The molecule has 0 heterocycles. The van der Waals surface area contributed by atoms with Crippen LogP contribution in [-0.2, 0) is 20.8 Å². The first kappa shape index (κ1) is 22.7. The molecule has 0 bridgehead atoms. The van der Waals surface area contributed by atoms with Gasteiger partial charge < -0.3 is 19.5 Å². The second-order valence-electron chi connectivity index (χ2n) is 7.41. The van der Waals surface area contributed by atoms with Gasteiger partial charge in [0, 0.05) is 12.2 Å². The number of carbonyl (C=O) groups is 3. The van der Waals surface area contributed by atoms with Crippen molar-refractivity contribution in [1.82, 2.24) is 5.32 Å². The topological polar surface area (TPSA) is 103 Å². The van der Waals surface area contributed by atoms with Crippen LogP contribution in [0, 0.1) is 0 Å². The lowest BCUT2D eigenvalue weighted by molar-refractivity contribution is -0.124. The summed E-state index contributed by atoms with van der Waals surface area (Å²) in [6.07, 6.45) is -0.592. The number of nitrogens with one attached hydrogen (secondary N) is 2. The average molecular weight is 414 g/mol. The predicted octanol–water partition coefficient (Wildman–Crippen LogP) is 3.52. The fraction of sp³-hybridized carbons (Fsp3) is 0.318. The number of methoxy groups -OCH3 is 1. The number of benzene rings is 2. The molecule has 0 saturated carbocycles. The van der Waals surface area contributed by atoms with Gasteiger partial charge in [0.2, 0.25) is 0 Å². The molecule has 2 aromatic rings. The van der Waals surface area contributed by atoms with Gasteiger partial charge >= 0.3 is 12.1 Å². The summed E-state index contributed by atoms with van der Waals surface area (Å²) in [5.74, 6) is -0.373. The number of hydrogen-bond acceptors (Lipinski definition) is 6. The summed E-state index contributed by atoms with van der Waals surface area (Å²) in [4.78, 5) is 35.8. The fourth-order valence-corrected chi connectivity index (χ4v) is 2.36. The Labute approximate surface area is 175 Å². The lowest BCUT2D eigenvalue weighted by Crippen LogP contribution is -2.28. The van der Waals surface area contributed by atoms with Crippen molar-refractivity contribution in [3.8, 4) is 5.75 Å². The summed E-state index contributed by atoms with van der Waals surface area (Å²) in [7, 11) is 1.57. The van der Waals surface area contributed by atoms with Crippen LogP contribution in [0.3, 0.4) is 0 Å². The zero-order chi connectivity index (χ0) is 22.1. The maximum atomic E-state index is 12.1. The molecule has 0 fully saturated rings. The van der Waals surface area contributed by atoms with Gasteiger partial charge in [-0.15, -0.1) is 0 Å². The Kier molecular flexibility index (Phi) is 7.80. The van der Waals surface area contributed by atoms with E-state index in [1.54, 1.807) is 52.1 Å². The van der Waals surface area contributed by atoms with Gasteiger partial charge in [-0.2, -0.15) is 0 Å². The Morgan fingerprint density at radius 3 is 2.33 bits per heavy atom. The first-order chi connectivity index (χ1) is 14.2. The third-order valence-electron chi connectivity index (χ3n) is 3.72. The molecule has 160 valence electrons. The average Bonchev–Trinajstić information content (AvgIpc) is 2.69. The Hall–Kier alpha value is -3.55. The third-order valence-corrected chi connectivity index (χ3v) is 3.72. The van der Waals surface area contributed by atoms with Crippen LogP contribution in [-0.4, -0.2) is 37.3 Å². The molecule has 2 amide bonds. The van der Waals surface area contributed by atoms with Crippen LogP contribution in [0.5, 0.6) is 5.75 Å². The fourth-order valence-electron chi connectivity index (χ4n) is 2.36. The summed E-state index contributed by atoms with van der Waals surface area (Å²) in [6.45, 7) is 5.18. The van der Waals surface area contributed by atoms with Crippen LogP contribution in [0.2, 0.25) is 0 Å². The largest absolute Gasteiger partial charge is 0.497 e. The second-order valence-corrected chi connectivity index (χ2v) is 7.41. The third kappa shape index (κ3) is 7.83. The van der Waals surface area contributed by atoms with E-state index in [0.717, 1.165) is 5.56 Å². The SMILES string of the molecule is COc1cccc(CNC(=O)COC(=O)c2ccc(NC(=O)OC(C)(C)C)cc2)c1. The molecule has 30 heavy (non-hydrogen) atoms. The van der Waals surface area contributed by atoms with Crippen molar-refractivity contribution in [2.45, 2.75) is 32.9 Å². The number of esters is 1. The predicted molar refractivity (Wildman–Crippen MR) is 111 cm³/mol. The molecule has 0 aromatic heterocycles. The highest BCUT2D eigenvalue weighted by molar-refractivity contribution is 5.92. The molecule has 0 aliphatic heterocycles. The molecule has 8 heteroatoms. The Balaban J connectivity index is 1.78. The van der Waals surface area contributed by atoms with Crippen LogP contribution in [0.4, 0.5) is 10.5 Å². The van der Waals surface area contributed by atoms with Gasteiger partial charge in [0.05, 0.1) is 12.7 Å². The Morgan fingerprint density at radius 1 is 1.00 bits per heavy atom. The highest BCUT2D eigenvalue weighted by Crippen LogP contribution is 2.14. The minimum atomic E-state index is -0.643. The molecule has 0 spiro atoms. The van der Waals surface area contributed by atoms with Gasteiger partial charge in [0.15, 0.2) is 6.61 Å². The van der Waals surface area contributed by atoms with E-state index in [1.165, 1.54) is 12.1 Å². The first-order valence-electron chi connectivity index (χ1n) is 9.33. The van der Waals surface area contributed by atoms with E-state index in [-0.39, 0.29) is 5.56 Å². The molecule has 2 N–H and O–H groups in total. The molecule has 8 nitrogen and oxygen atoms in total. The lowest BCUT2D eigenvalue weighted by Gasteiger charge is -2.19. The van der Waals surface area contributed by atoms with E-state index < -0.39 is 30.2 Å². The van der Waals surface area contributed by atoms with E-state index >= 15 is 0 Å². The molecule has 0 atom stereocenters. The van der Waals surface area contributed by atoms with Crippen LogP contribution in [0.25, 0.3) is 0 Å². The molecule has 0 unspecified atom stereocenters. The van der Waals surface area contributed by atoms with Crippen molar-refractivity contribution in [2.75, 3.05) is 19.0 Å². The number of rotatable bonds is 7. The van der Waals surface area contributed by atoms with Gasteiger partial charge in [0.1, 0.15) is 11.4 Å². The molecule has 0 radical (unpaired) electrons. The van der Waals surface area contributed by atoms with Gasteiger partial charge in [-0.05, 0) is 62.7 Å².